The molecule has 3 aromatic carbocycles. The maximum Gasteiger partial charge on any atom is -0.00131 e. The Labute approximate surface area is 107 Å². The molecule has 0 unspecified atom stereocenters. The zero-order chi connectivity index (χ0) is 12.1. The van der Waals surface area contributed by atoms with Crippen molar-refractivity contribution in [3.8, 4) is 11.1 Å². The summed E-state index contributed by atoms with van der Waals surface area (Å²) in [6.45, 7) is 2.21. The van der Waals surface area contributed by atoms with Gasteiger partial charge in [0.2, 0.25) is 0 Å². The van der Waals surface area contributed by atoms with Crippen LogP contribution in [0, 0.1) is 6.92 Å². The van der Waals surface area contributed by atoms with Gasteiger partial charge in [0.1, 0.15) is 0 Å². The van der Waals surface area contributed by atoms with Gasteiger partial charge in [0, 0.05) is 0 Å². The average molecular weight is 230 g/mol. The molecule has 0 radical (unpaired) electrons. The minimum atomic E-state index is 1.08. The highest BCUT2D eigenvalue weighted by Gasteiger charge is 2.20. The minimum absolute atomic E-state index is 1.08. The second-order valence-corrected chi connectivity index (χ2v) is 5.14. The van der Waals surface area contributed by atoms with Crippen LogP contribution in [0.2, 0.25) is 0 Å². The predicted molar refractivity (Wildman–Crippen MR) is 76.9 cm³/mol. The van der Waals surface area contributed by atoms with Gasteiger partial charge in [0.05, 0.1) is 0 Å². The molecule has 1 aliphatic carbocycles. The van der Waals surface area contributed by atoms with Gasteiger partial charge in [-0.25, -0.2) is 0 Å². The molecule has 86 valence electrons. The molecule has 0 heteroatoms. The van der Waals surface area contributed by atoms with E-state index in [2.05, 4.69) is 61.5 Å². The molecule has 0 saturated heterocycles. The quantitative estimate of drug-likeness (QED) is 0.410. The number of aryl methyl sites for hydroxylation is 1. The molecule has 4 rings (SSSR count). The van der Waals surface area contributed by atoms with Crippen molar-refractivity contribution in [1.82, 2.24) is 0 Å². The molecule has 0 aromatic heterocycles. The van der Waals surface area contributed by atoms with Gasteiger partial charge in [-0.05, 0) is 58.0 Å². The Bertz CT molecular complexity index is 766. The monoisotopic (exact) mass is 230 g/mol. The fourth-order valence-electron chi connectivity index (χ4n) is 3.13. The molecule has 0 heterocycles. The Balaban J connectivity index is 2.09. The molecule has 0 aliphatic heterocycles. The third kappa shape index (κ3) is 1.26. The summed E-state index contributed by atoms with van der Waals surface area (Å²) in [6.07, 6.45) is 1.08. The Morgan fingerprint density at radius 1 is 0.778 bits per heavy atom. The number of rotatable bonds is 0. The highest BCUT2D eigenvalue weighted by atomic mass is 14.2. The summed E-state index contributed by atoms with van der Waals surface area (Å²) < 4.78 is 0. The van der Waals surface area contributed by atoms with Crippen LogP contribution in [-0.2, 0) is 6.42 Å². The largest absolute Gasteiger partial charge is 0.0617 e. The van der Waals surface area contributed by atoms with E-state index >= 15 is 0 Å². The molecule has 0 atom stereocenters. The van der Waals surface area contributed by atoms with Gasteiger partial charge in [0.25, 0.3) is 0 Å². The van der Waals surface area contributed by atoms with E-state index in [1.54, 1.807) is 0 Å². The fourth-order valence-corrected chi connectivity index (χ4v) is 3.13. The molecule has 0 nitrogen and oxygen atoms in total. The highest BCUT2D eigenvalue weighted by Crippen LogP contribution is 2.40. The molecule has 1 aliphatic rings. The van der Waals surface area contributed by atoms with Crippen molar-refractivity contribution in [2.24, 2.45) is 0 Å². The number of hydrogen-bond donors (Lipinski definition) is 0. The zero-order valence-corrected chi connectivity index (χ0v) is 10.4. The summed E-state index contributed by atoms with van der Waals surface area (Å²) in [6, 6.07) is 20.0. The van der Waals surface area contributed by atoms with Crippen LogP contribution in [0.25, 0.3) is 21.9 Å². The van der Waals surface area contributed by atoms with Gasteiger partial charge >= 0.3 is 0 Å². The van der Waals surface area contributed by atoms with Crippen LogP contribution in [-0.4, -0.2) is 0 Å². The standard InChI is InChI=1S/C18H14/c1-12-5-4-8-15-10-16-9-13-6-2-3-7-14(13)11-17(16)18(12)15/h2-9,11H,10H2,1H3. The smallest absolute Gasteiger partial charge is 0.00131 e. The average Bonchev–Trinajstić information content (AvgIpc) is 2.74. The molecular formula is C18H14. The lowest BCUT2D eigenvalue weighted by Crippen LogP contribution is -1.83. The van der Waals surface area contributed by atoms with Crippen LogP contribution in [0.3, 0.4) is 0 Å². The van der Waals surface area contributed by atoms with Gasteiger partial charge in [-0.15, -0.1) is 0 Å². The second-order valence-electron chi connectivity index (χ2n) is 5.14. The molecule has 0 spiro atoms. The number of fused-ring (bicyclic) bond motifs is 4. The number of hydrogen-bond acceptors (Lipinski definition) is 0. The first-order valence-corrected chi connectivity index (χ1v) is 6.43. The van der Waals surface area contributed by atoms with Crippen molar-refractivity contribution < 1.29 is 0 Å². The van der Waals surface area contributed by atoms with Crippen molar-refractivity contribution in [2.45, 2.75) is 13.3 Å². The molecule has 0 fully saturated rings. The Kier molecular flexibility index (Phi) is 1.90. The molecule has 0 amide bonds. The van der Waals surface area contributed by atoms with E-state index in [1.807, 2.05) is 0 Å². The van der Waals surface area contributed by atoms with E-state index in [4.69, 9.17) is 0 Å². The minimum Gasteiger partial charge on any atom is -0.0617 e. The SMILES string of the molecule is Cc1cccc2c1-c1cc3ccccc3cc1C2. The van der Waals surface area contributed by atoms with E-state index < -0.39 is 0 Å². The van der Waals surface area contributed by atoms with Gasteiger partial charge in [-0.2, -0.15) is 0 Å². The normalized spacial score (nSPS) is 12.5. The molecular weight excluding hydrogens is 216 g/mol. The third-order valence-corrected chi connectivity index (χ3v) is 3.98. The van der Waals surface area contributed by atoms with E-state index in [0.717, 1.165) is 6.42 Å². The van der Waals surface area contributed by atoms with Crippen LogP contribution in [0.1, 0.15) is 16.7 Å². The molecule has 18 heavy (non-hydrogen) atoms. The molecule has 0 N–H and O–H groups in total. The maximum atomic E-state index is 2.35. The zero-order valence-electron chi connectivity index (χ0n) is 10.4. The van der Waals surface area contributed by atoms with Crippen LogP contribution < -0.4 is 0 Å². The molecule has 3 aromatic rings. The van der Waals surface area contributed by atoms with Gasteiger partial charge < -0.3 is 0 Å². The van der Waals surface area contributed by atoms with Gasteiger partial charge in [-0.1, -0.05) is 48.5 Å². The van der Waals surface area contributed by atoms with E-state index in [1.165, 1.54) is 38.6 Å². The van der Waals surface area contributed by atoms with E-state index in [0.29, 0.717) is 0 Å². The van der Waals surface area contributed by atoms with E-state index in [9.17, 15) is 0 Å². The van der Waals surface area contributed by atoms with Crippen LogP contribution >= 0.6 is 0 Å². The molecule has 0 bridgehead atoms. The Hall–Kier alpha value is -2.08. The predicted octanol–water partition coefficient (Wildman–Crippen LogP) is 4.72. The summed E-state index contributed by atoms with van der Waals surface area (Å²) in [5.74, 6) is 0. The lowest BCUT2D eigenvalue weighted by Gasteiger charge is -2.06. The van der Waals surface area contributed by atoms with Crippen LogP contribution in [0.4, 0.5) is 0 Å². The van der Waals surface area contributed by atoms with Crippen molar-refractivity contribution in [2.75, 3.05) is 0 Å². The summed E-state index contributed by atoms with van der Waals surface area (Å²) in [7, 11) is 0. The Morgan fingerprint density at radius 2 is 1.56 bits per heavy atom. The van der Waals surface area contributed by atoms with E-state index in [-0.39, 0.29) is 0 Å². The van der Waals surface area contributed by atoms with Gasteiger partial charge in [-0.3, -0.25) is 0 Å². The summed E-state index contributed by atoms with van der Waals surface area (Å²) in [5.41, 5.74) is 7.22. The van der Waals surface area contributed by atoms with Gasteiger partial charge in [0.15, 0.2) is 0 Å². The topological polar surface area (TPSA) is 0 Å². The third-order valence-electron chi connectivity index (χ3n) is 3.98. The summed E-state index contributed by atoms with van der Waals surface area (Å²) in [5, 5.41) is 2.69. The summed E-state index contributed by atoms with van der Waals surface area (Å²) in [4.78, 5) is 0. The van der Waals surface area contributed by atoms with Crippen molar-refractivity contribution in [3.05, 3.63) is 71.3 Å². The first-order valence-electron chi connectivity index (χ1n) is 6.43. The Morgan fingerprint density at radius 3 is 2.39 bits per heavy atom. The molecule has 0 saturated carbocycles. The van der Waals surface area contributed by atoms with Crippen molar-refractivity contribution in [1.29, 1.82) is 0 Å². The highest BCUT2D eigenvalue weighted by molar-refractivity contribution is 5.92. The van der Waals surface area contributed by atoms with Crippen molar-refractivity contribution in [3.63, 3.8) is 0 Å². The maximum absolute atomic E-state index is 2.35. The summed E-state index contributed by atoms with van der Waals surface area (Å²) >= 11 is 0. The van der Waals surface area contributed by atoms with Crippen LogP contribution in [0.15, 0.2) is 54.6 Å². The number of benzene rings is 3. The lowest BCUT2D eigenvalue weighted by molar-refractivity contribution is 1.26. The lowest BCUT2D eigenvalue weighted by atomic mass is 9.98. The van der Waals surface area contributed by atoms with Crippen molar-refractivity contribution >= 4 is 10.8 Å². The first-order chi connectivity index (χ1) is 8.83. The van der Waals surface area contributed by atoms with Crippen LogP contribution in [0.5, 0.6) is 0 Å². The fraction of sp³-hybridized carbons (Fsp3) is 0.111. The first kappa shape index (κ1) is 9.90. The second kappa shape index (κ2) is 3.46.